The molecule has 0 radical (unpaired) electrons. The minimum absolute atomic E-state index is 0.177. The Kier molecular flexibility index (Phi) is 4.98. The number of ether oxygens (including phenoxy) is 1. The number of esters is 1. The smallest absolute Gasteiger partial charge is 0.351 e. The van der Waals surface area contributed by atoms with Crippen LogP contribution in [0.1, 0.15) is 22.2 Å². The van der Waals surface area contributed by atoms with Crippen molar-refractivity contribution < 1.29 is 9.53 Å². The van der Waals surface area contributed by atoms with Crippen LogP contribution in [-0.2, 0) is 11.2 Å². The third-order valence-electron chi connectivity index (χ3n) is 2.71. The van der Waals surface area contributed by atoms with Gasteiger partial charge in [0.1, 0.15) is 0 Å². The average molecular weight is 311 g/mol. The maximum atomic E-state index is 11.5. The average Bonchev–Trinajstić information content (AvgIpc) is 2.79. The van der Waals surface area contributed by atoms with Crippen LogP contribution in [0.4, 0.5) is 5.13 Å². The molecule has 1 aromatic heterocycles. The number of anilines is 1. The molecular formula is C14H15ClN2O2S. The van der Waals surface area contributed by atoms with E-state index < -0.39 is 5.97 Å². The van der Waals surface area contributed by atoms with Crippen molar-refractivity contribution in [3.05, 3.63) is 45.9 Å². The van der Waals surface area contributed by atoms with Crippen LogP contribution in [0.2, 0.25) is 5.15 Å². The summed E-state index contributed by atoms with van der Waals surface area (Å²) < 4.78 is 4.65. The van der Waals surface area contributed by atoms with Gasteiger partial charge in [0.05, 0.1) is 7.11 Å². The van der Waals surface area contributed by atoms with Crippen LogP contribution in [0.15, 0.2) is 30.3 Å². The van der Waals surface area contributed by atoms with Crippen LogP contribution < -0.4 is 5.32 Å². The molecule has 0 fully saturated rings. The molecule has 1 aromatic carbocycles. The van der Waals surface area contributed by atoms with Crippen molar-refractivity contribution >= 4 is 34.0 Å². The molecule has 0 aliphatic rings. The predicted molar refractivity (Wildman–Crippen MR) is 81.7 cm³/mol. The van der Waals surface area contributed by atoms with Gasteiger partial charge in [-0.3, -0.25) is 0 Å². The van der Waals surface area contributed by atoms with Gasteiger partial charge >= 0.3 is 5.97 Å². The van der Waals surface area contributed by atoms with Crippen LogP contribution in [-0.4, -0.2) is 24.1 Å². The summed E-state index contributed by atoms with van der Waals surface area (Å²) in [6.07, 6.45) is 0.867. The first-order valence-electron chi connectivity index (χ1n) is 6.15. The highest BCUT2D eigenvalue weighted by atomic mass is 35.5. The van der Waals surface area contributed by atoms with Gasteiger partial charge < -0.3 is 10.1 Å². The molecule has 6 heteroatoms. The van der Waals surface area contributed by atoms with Gasteiger partial charge in [-0.05, 0) is 18.9 Å². The van der Waals surface area contributed by atoms with Gasteiger partial charge in [0.15, 0.2) is 15.2 Å². The second-order valence-corrected chi connectivity index (χ2v) is 5.72. The maximum Gasteiger partial charge on any atom is 0.351 e. The van der Waals surface area contributed by atoms with Gasteiger partial charge in [-0.2, -0.15) is 0 Å². The van der Waals surface area contributed by atoms with Crippen molar-refractivity contribution in [1.82, 2.24) is 4.98 Å². The fourth-order valence-corrected chi connectivity index (χ4v) is 3.03. The molecule has 0 amide bonds. The Labute approximate surface area is 126 Å². The number of nitrogens with zero attached hydrogens (tertiary/aromatic N) is 1. The van der Waals surface area contributed by atoms with Gasteiger partial charge in [-0.15, -0.1) is 0 Å². The van der Waals surface area contributed by atoms with Crippen LogP contribution >= 0.6 is 22.9 Å². The third-order valence-corrected chi connectivity index (χ3v) is 4.06. The minimum atomic E-state index is -0.462. The number of aromatic nitrogens is 1. The normalized spacial score (nSPS) is 11.9. The van der Waals surface area contributed by atoms with E-state index in [1.165, 1.54) is 24.0 Å². The molecular weight excluding hydrogens is 296 g/mol. The fraction of sp³-hybridized carbons (Fsp3) is 0.286. The van der Waals surface area contributed by atoms with Crippen molar-refractivity contribution in [3.63, 3.8) is 0 Å². The van der Waals surface area contributed by atoms with Crippen molar-refractivity contribution in [1.29, 1.82) is 0 Å². The summed E-state index contributed by atoms with van der Waals surface area (Å²) in [6, 6.07) is 10.4. The third kappa shape index (κ3) is 3.71. The van der Waals surface area contributed by atoms with Crippen molar-refractivity contribution in [2.75, 3.05) is 12.4 Å². The summed E-state index contributed by atoms with van der Waals surface area (Å²) in [5.74, 6) is -0.462. The monoisotopic (exact) mass is 310 g/mol. The lowest BCUT2D eigenvalue weighted by Gasteiger charge is -2.12. The molecule has 2 rings (SSSR count). The first kappa shape index (κ1) is 14.8. The number of nitrogens with one attached hydrogen (secondary N) is 1. The first-order chi connectivity index (χ1) is 9.60. The molecule has 1 heterocycles. The van der Waals surface area contributed by atoms with Crippen LogP contribution in [0, 0.1) is 0 Å². The quantitative estimate of drug-likeness (QED) is 0.857. The van der Waals surface area contributed by atoms with E-state index in [0.29, 0.717) is 10.0 Å². The number of methoxy groups -OCH3 is 1. The predicted octanol–water partition coefficient (Wildman–Crippen LogP) is 3.63. The van der Waals surface area contributed by atoms with E-state index in [2.05, 4.69) is 34.1 Å². The second-order valence-electron chi connectivity index (χ2n) is 4.37. The van der Waals surface area contributed by atoms with Gasteiger partial charge in [0, 0.05) is 6.04 Å². The highest BCUT2D eigenvalue weighted by Gasteiger charge is 2.18. The number of hydrogen-bond acceptors (Lipinski definition) is 5. The molecule has 0 bridgehead atoms. The Bertz CT molecular complexity index is 586. The van der Waals surface area contributed by atoms with E-state index in [9.17, 15) is 4.79 Å². The molecule has 4 nitrogen and oxygen atoms in total. The molecule has 0 aliphatic heterocycles. The second kappa shape index (κ2) is 6.72. The molecule has 0 saturated carbocycles. The largest absolute Gasteiger partial charge is 0.465 e. The van der Waals surface area contributed by atoms with Gasteiger partial charge in [-0.1, -0.05) is 53.3 Å². The van der Waals surface area contributed by atoms with Crippen molar-refractivity contribution in [2.45, 2.75) is 19.4 Å². The maximum absolute atomic E-state index is 11.5. The van der Waals surface area contributed by atoms with Gasteiger partial charge in [-0.25, -0.2) is 9.78 Å². The number of benzene rings is 1. The number of carbonyl (C=O) groups is 1. The summed E-state index contributed by atoms with van der Waals surface area (Å²) >= 11 is 7.12. The zero-order valence-electron chi connectivity index (χ0n) is 11.2. The van der Waals surface area contributed by atoms with Gasteiger partial charge in [0.25, 0.3) is 0 Å². The standard InChI is InChI=1S/C14H15ClN2O2S/c1-9(8-10-6-4-3-5-7-10)16-14-17-12(15)11(20-14)13(18)19-2/h3-7,9H,8H2,1-2H3,(H,16,17). The molecule has 1 unspecified atom stereocenters. The lowest BCUT2D eigenvalue weighted by atomic mass is 10.1. The Balaban J connectivity index is 2.01. The molecule has 1 N–H and O–H groups in total. The zero-order chi connectivity index (χ0) is 14.5. The molecule has 0 aliphatic carbocycles. The van der Waals surface area contributed by atoms with Gasteiger partial charge in [0.2, 0.25) is 0 Å². The Morgan fingerprint density at radius 2 is 2.15 bits per heavy atom. The molecule has 106 valence electrons. The topological polar surface area (TPSA) is 51.2 Å². The number of halogens is 1. The fourth-order valence-electron chi connectivity index (χ4n) is 1.81. The van der Waals surface area contributed by atoms with E-state index in [-0.39, 0.29) is 11.2 Å². The number of thiazole rings is 1. The minimum Gasteiger partial charge on any atom is -0.465 e. The van der Waals surface area contributed by atoms with Crippen LogP contribution in [0.5, 0.6) is 0 Å². The van der Waals surface area contributed by atoms with E-state index in [1.54, 1.807) is 0 Å². The summed E-state index contributed by atoms with van der Waals surface area (Å²) in [5.41, 5.74) is 1.24. The molecule has 0 saturated heterocycles. The number of hydrogen-bond donors (Lipinski definition) is 1. The summed E-state index contributed by atoms with van der Waals surface area (Å²) in [5, 5.41) is 4.05. The van der Waals surface area contributed by atoms with Crippen LogP contribution in [0.25, 0.3) is 0 Å². The van der Waals surface area contributed by atoms with Crippen LogP contribution in [0.3, 0.4) is 0 Å². The molecule has 2 aromatic rings. The number of rotatable bonds is 5. The Morgan fingerprint density at radius 3 is 2.80 bits per heavy atom. The lowest BCUT2D eigenvalue weighted by Crippen LogP contribution is -2.17. The SMILES string of the molecule is COC(=O)c1sc(NC(C)Cc2ccccc2)nc1Cl. The van der Waals surface area contributed by atoms with E-state index >= 15 is 0 Å². The number of carbonyl (C=O) groups excluding carboxylic acids is 1. The van der Waals surface area contributed by atoms with E-state index in [4.69, 9.17) is 11.6 Å². The highest BCUT2D eigenvalue weighted by Crippen LogP contribution is 2.28. The Hall–Kier alpha value is -1.59. The highest BCUT2D eigenvalue weighted by molar-refractivity contribution is 7.18. The zero-order valence-corrected chi connectivity index (χ0v) is 12.8. The van der Waals surface area contributed by atoms with E-state index in [1.807, 2.05) is 18.2 Å². The molecule has 1 atom stereocenters. The lowest BCUT2D eigenvalue weighted by molar-refractivity contribution is 0.0606. The van der Waals surface area contributed by atoms with E-state index in [0.717, 1.165) is 6.42 Å². The first-order valence-corrected chi connectivity index (χ1v) is 7.34. The van der Waals surface area contributed by atoms with Crippen molar-refractivity contribution in [3.8, 4) is 0 Å². The molecule has 20 heavy (non-hydrogen) atoms. The summed E-state index contributed by atoms with van der Waals surface area (Å²) in [6.45, 7) is 2.06. The van der Waals surface area contributed by atoms with Crippen molar-refractivity contribution in [2.24, 2.45) is 0 Å². The molecule has 0 spiro atoms. The summed E-state index contributed by atoms with van der Waals surface area (Å²) in [7, 11) is 1.32. The Morgan fingerprint density at radius 1 is 1.45 bits per heavy atom. The summed E-state index contributed by atoms with van der Waals surface area (Å²) in [4.78, 5) is 15.9.